The van der Waals surface area contributed by atoms with Crippen molar-refractivity contribution in [3.8, 4) is 0 Å². The first kappa shape index (κ1) is 9.39. The number of carbonyl (C=O) groups is 3. The molecule has 0 saturated carbocycles. The number of rotatable bonds is 0. The van der Waals surface area contributed by atoms with Crippen LogP contribution in [0.3, 0.4) is 0 Å². The Morgan fingerprint density at radius 1 is 1.27 bits per heavy atom. The third-order valence-corrected chi connectivity index (χ3v) is 2.14. The van der Waals surface area contributed by atoms with E-state index in [4.69, 9.17) is 0 Å². The number of Topliss-reactive ketones (excluding diaryl/α,β-unsaturated/α-hetero) is 1. The van der Waals surface area contributed by atoms with Crippen molar-refractivity contribution in [2.24, 2.45) is 0 Å². The van der Waals surface area contributed by atoms with Crippen LogP contribution in [-0.2, 0) is 9.53 Å². The molecule has 0 aromatic heterocycles. The van der Waals surface area contributed by atoms with E-state index < -0.39 is 17.8 Å². The molecule has 0 N–H and O–H groups in total. The first-order valence-electron chi connectivity index (χ1n) is 4.22. The van der Waals surface area contributed by atoms with Crippen molar-refractivity contribution in [3.05, 3.63) is 29.8 Å². The number of amides is 2. The highest BCUT2D eigenvalue weighted by Crippen LogP contribution is 2.28. The highest BCUT2D eigenvalue weighted by Gasteiger charge is 2.40. The van der Waals surface area contributed by atoms with Crippen molar-refractivity contribution in [1.82, 2.24) is 0 Å². The van der Waals surface area contributed by atoms with Gasteiger partial charge in [-0.3, -0.25) is 9.59 Å². The summed E-state index contributed by atoms with van der Waals surface area (Å²) in [7, 11) is 1.15. The molecule has 0 unspecified atom stereocenters. The zero-order chi connectivity index (χ0) is 11.0. The Bertz CT molecular complexity index is 466. The van der Waals surface area contributed by atoms with E-state index >= 15 is 0 Å². The molecule has 2 rings (SSSR count). The number of nitrogens with zero attached hydrogens (tertiary/aromatic N) is 1. The van der Waals surface area contributed by atoms with Crippen LogP contribution in [0.2, 0.25) is 0 Å². The van der Waals surface area contributed by atoms with Gasteiger partial charge in [0.05, 0.1) is 18.4 Å². The number of ether oxygens (including phenoxy) is 1. The lowest BCUT2D eigenvalue weighted by Gasteiger charge is -2.11. The van der Waals surface area contributed by atoms with Gasteiger partial charge in [-0.05, 0) is 12.1 Å². The Labute approximate surface area is 85.2 Å². The molecule has 1 aliphatic heterocycles. The summed E-state index contributed by atoms with van der Waals surface area (Å²) in [4.78, 5) is 34.9. The van der Waals surface area contributed by atoms with Gasteiger partial charge in [0.2, 0.25) is 0 Å². The summed E-state index contributed by atoms with van der Waals surface area (Å²) in [6, 6.07) is 6.29. The van der Waals surface area contributed by atoms with Gasteiger partial charge in [0, 0.05) is 0 Å². The van der Waals surface area contributed by atoms with Gasteiger partial charge in [-0.25, -0.2) is 9.69 Å². The standard InChI is InChI=1S/C10H7NO4/c1-15-10(14)11-7-5-3-2-4-6(7)8(12)9(11)13/h2-5H,1H3. The molecule has 5 nitrogen and oxygen atoms in total. The Morgan fingerprint density at radius 3 is 2.60 bits per heavy atom. The maximum atomic E-state index is 11.4. The number of fused-ring (bicyclic) bond motifs is 1. The average molecular weight is 205 g/mol. The van der Waals surface area contributed by atoms with Gasteiger partial charge in [0.15, 0.2) is 0 Å². The number of anilines is 1. The van der Waals surface area contributed by atoms with Gasteiger partial charge < -0.3 is 4.74 Å². The predicted octanol–water partition coefficient (Wildman–Crippen LogP) is 0.982. The van der Waals surface area contributed by atoms with E-state index in [2.05, 4.69) is 4.74 Å². The van der Waals surface area contributed by atoms with Crippen LogP contribution in [-0.4, -0.2) is 24.9 Å². The van der Waals surface area contributed by atoms with E-state index in [1.165, 1.54) is 12.1 Å². The smallest absolute Gasteiger partial charge is 0.421 e. The summed E-state index contributed by atoms with van der Waals surface area (Å²) in [5, 5.41) is 0. The van der Waals surface area contributed by atoms with Crippen molar-refractivity contribution in [2.75, 3.05) is 12.0 Å². The molecule has 1 aromatic carbocycles. The van der Waals surface area contributed by atoms with Crippen LogP contribution in [0.25, 0.3) is 0 Å². The summed E-state index contributed by atoms with van der Waals surface area (Å²) in [6.45, 7) is 0. The fourth-order valence-electron chi connectivity index (χ4n) is 1.46. The minimum atomic E-state index is -0.872. The van der Waals surface area contributed by atoms with E-state index in [0.29, 0.717) is 0 Å². The van der Waals surface area contributed by atoms with Crippen molar-refractivity contribution in [2.45, 2.75) is 0 Å². The number of para-hydroxylation sites is 1. The van der Waals surface area contributed by atoms with E-state index in [-0.39, 0.29) is 11.3 Å². The van der Waals surface area contributed by atoms with Gasteiger partial charge in [-0.1, -0.05) is 12.1 Å². The molecule has 0 saturated heterocycles. The molecule has 15 heavy (non-hydrogen) atoms. The second-order valence-corrected chi connectivity index (χ2v) is 2.96. The molecule has 1 aliphatic rings. The van der Waals surface area contributed by atoms with Crippen LogP contribution in [0, 0.1) is 0 Å². The van der Waals surface area contributed by atoms with Crippen LogP contribution >= 0.6 is 0 Å². The summed E-state index contributed by atoms with van der Waals surface area (Å²) < 4.78 is 4.42. The van der Waals surface area contributed by atoms with E-state index in [1.54, 1.807) is 12.1 Å². The third-order valence-electron chi connectivity index (χ3n) is 2.14. The molecule has 0 atom stereocenters. The molecule has 1 aromatic rings. The Kier molecular flexibility index (Phi) is 2.00. The molecule has 0 bridgehead atoms. The zero-order valence-corrected chi connectivity index (χ0v) is 7.89. The summed E-state index contributed by atoms with van der Waals surface area (Å²) >= 11 is 0. The van der Waals surface area contributed by atoms with E-state index in [1.807, 2.05) is 0 Å². The zero-order valence-electron chi connectivity index (χ0n) is 7.89. The number of ketones is 1. The second-order valence-electron chi connectivity index (χ2n) is 2.96. The van der Waals surface area contributed by atoms with Crippen LogP contribution in [0.4, 0.5) is 10.5 Å². The van der Waals surface area contributed by atoms with Gasteiger partial charge >= 0.3 is 12.0 Å². The van der Waals surface area contributed by atoms with Crippen LogP contribution in [0.1, 0.15) is 10.4 Å². The molecular weight excluding hydrogens is 198 g/mol. The Hall–Kier alpha value is -2.17. The molecule has 0 aliphatic carbocycles. The predicted molar refractivity (Wildman–Crippen MR) is 50.7 cm³/mol. The van der Waals surface area contributed by atoms with Gasteiger partial charge in [-0.15, -0.1) is 0 Å². The van der Waals surface area contributed by atoms with Crippen LogP contribution in [0.5, 0.6) is 0 Å². The third kappa shape index (κ3) is 1.20. The van der Waals surface area contributed by atoms with Crippen molar-refractivity contribution in [1.29, 1.82) is 0 Å². The molecule has 2 amide bonds. The highest BCUT2D eigenvalue weighted by molar-refractivity contribution is 6.55. The molecule has 1 heterocycles. The maximum Gasteiger partial charge on any atom is 0.421 e. The fourth-order valence-corrected chi connectivity index (χ4v) is 1.46. The Balaban J connectivity index is 2.56. The SMILES string of the molecule is COC(=O)N1C(=O)C(=O)c2ccccc21. The number of benzene rings is 1. The topological polar surface area (TPSA) is 63.7 Å². The second kappa shape index (κ2) is 3.20. The van der Waals surface area contributed by atoms with E-state index in [9.17, 15) is 14.4 Å². The fraction of sp³-hybridized carbons (Fsp3) is 0.100. The van der Waals surface area contributed by atoms with E-state index in [0.717, 1.165) is 12.0 Å². The lowest BCUT2D eigenvalue weighted by atomic mass is 10.1. The van der Waals surface area contributed by atoms with Gasteiger partial charge in [0.25, 0.3) is 5.78 Å². The largest absolute Gasteiger partial charge is 0.452 e. The molecular formula is C10H7NO4. The van der Waals surface area contributed by atoms with Crippen molar-refractivity contribution >= 4 is 23.5 Å². The van der Waals surface area contributed by atoms with Crippen molar-refractivity contribution in [3.63, 3.8) is 0 Å². The number of methoxy groups -OCH3 is 1. The normalized spacial score (nSPS) is 14.1. The first-order chi connectivity index (χ1) is 7.16. The number of hydrogen-bond acceptors (Lipinski definition) is 4. The number of imide groups is 1. The summed E-state index contributed by atoms with van der Waals surface area (Å²) in [6.07, 6.45) is -0.849. The van der Waals surface area contributed by atoms with Crippen LogP contribution in [0.15, 0.2) is 24.3 Å². The molecule has 0 fully saturated rings. The van der Waals surface area contributed by atoms with Gasteiger partial charge in [-0.2, -0.15) is 0 Å². The maximum absolute atomic E-state index is 11.4. The Morgan fingerprint density at radius 2 is 1.93 bits per heavy atom. The number of carbonyl (C=O) groups excluding carboxylic acids is 3. The first-order valence-corrected chi connectivity index (χ1v) is 4.22. The van der Waals surface area contributed by atoms with Crippen LogP contribution < -0.4 is 4.90 Å². The minimum Gasteiger partial charge on any atom is -0.452 e. The molecule has 5 heteroatoms. The lowest BCUT2D eigenvalue weighted by Crippen LogP contribution is -2.35. The molecule has 76 valence electrons. The number of hydrogen-bond donors (Lipinski definition) is 0. The van der Waals surface area contributed by atoms with Crippen molar-refractivity contribution < 1.29 is 19.1 Å². The molecule has 0 radical (unpaired) electrons. The minimum absolute atomic E-state index is 0.230. The monoisotopic (exact) mass is 205 g/mol. The summed E-state index contributed by atoms with van der Waals surface area (Å²) in [5.74, 6) is -1.56. The lowest BCUT2D eigenvalue weighted by molar-refractivity contribution is -0.113. The average Bonchev–Trinajstić information content (AvgIpc) is 2.52. The summed E-state index contributed by atoms with van der Waals surface area (Å²) in [5.41, 5.74) is 0.507. The quantitative estimate of drug-likeness (QED) is 0.592. The highest BCUT2D eigenvalue weighted by atomic mass is 16.5. The van der Waals surface area contributed by atoms with Gasteiger partial charge in [0.1, 0.15) is 0 Å². The molecule has 0 spiro atoms.